The Morgan fingerprint density at radius 2 is 2.20 bits per heavy atom. The molecule has 0 spiro atoms. The van der Waals surface area contributed by atoms with E-state index in [2.05, 4.69) is 16.6 Å². The first-order chi connectivity index (χ1) is 4.68. The number of hydrogen-bond donors (Lipinski definition) is 0. The van der Waals surface area contributed by atoms with Crippen molar-refractivity contribution in [2.75, 3.05) is 27.8 Å². The van der Waals surface area contributed by atoms with E-state index >= 15 is 0 Å². The van der Waals surface area contributed by atoms with E-state index in [1.54, 1.807) is 14.1 Å². The van der Waals surface area contributed by atoms with Crippen LogP contribution in [0.15, 0.2) is 0 Å². The van der Waals surface area contributed by atoms with Crippen molar-refractivity contribution >= 4 is 5.91 Å². The number of carbonyl (C=O) groups excluding carboxylic acids is 1. The van der Waals surface area contributed by atoms with Crippen molar-refractivity contribution < 1.29 is 9.53 Å². The highest BCUT2D eigenvalue weighted by molar-refractivity contribution is 5.93. The van der Waals surface area contributed by atoms with Crippen LogP contribution in [0.2, 0.25) is 0 Å². The average molecular weight is 141 g/mol. The lowest BCUT2D eigenvalue weighted by Crippen LogP contribution is -2.19. The molecule has 3 nitrogen and oxygen atoms in total. The van der Waals surface area contributed by atoms with E-state index in [9.17, 15) is 4.79 Å². The fourth-order valence-corrected chi connectivity index (χ4v) is 0.296. The van der Waals surface area contributed by atoms with E-state index in [1.807, 2.05) is 0 Å². The number of ether oxygens (including phenoxy) is 1. The van der Waals surface area contributed by atoms with Crippen LogP contribution in [0.3, 0.4) is 0 Å². The Hall–Kier alpha value is -1.01. The van der Waals surface area contributed by atoms with Crippen LogP contribution >= 0.6 is 0 Å². The van der Waals surface area contributed by atoms with Crippen molar-refractivity contribution in [1.82, 2.24) is 4.90 Å². The van der Waals surface area contributed by atoms with Crippen molar-refractivity contribution in [2.24, 2.45) is 0 Å². The smallest absolute Gasteiger partial charge is 0.298 e. The van der Waals surface area contributed by atoms with E-state index in [1.165, 1.54) is 12.0 Å². The second-order valence-corrected chi connectivity index (χ2v) is 1.93. The average Bonchev–Trinajstić information content (AvgIpc) is 1.88. The van der Waals surface area contributed by atoms with Gasteiger partial charge in [0.1, 0.15) is 6.61 Å². The van der Waals surface area contributed by atoms with Crippen molar-refractivity contribution in [3.8, 4) is 11.8 Å². The Morgan fingerprint density at radius 3 is 2.60 bits per heavy atom. The minimum Gasteiger partial charge on any atom is -0.372 e. The van der Waals surface area contributed by atoms with Gasteiger partial charge in [-0.05, 0) is 5.92 Å². The third-order valence-corrected chi connectivity index (χ3v) is 0.818. The molecule has 0 bridgehead atoms. The first kappa shape index (κ1) is 8.99. The van der Waals surface area contributed by atoms with Gasteiger partial charge in [0.15, 0.2) is 0 Å². The molecule has 0 aromatic carbocycles. The summed E-state index contributed by atoms with van der Waals surface area (Å²) in [6.45, 7) is 0.305. The Morgan fingerprint density at radius 1 is 1.60 bits per heavy atom. The minimum absolute atomic E-state index is 0.197. The van der Waals surface area contributed by atoms with Gasteiger partial charge in [-0.2, -0.15) is 0 Å². The van der Waals surface area contributed by atoms with Gasteiger partial charge in [-0.25, -0.2) is 0 Å². The van der Waals surface area contributed by atoms with E-state index in [-0.39, 0.29) is 5.91 Å². The van der Waals surface area contributed by atoms with E-state index < -0.39 is 0 Å². The molecule has 0 aliphatic carbocycles. The van der Waals surface area contributed by atoms with Gasteiger partial charge in [0.25, 0.3) is 5.91 Å². The fourth-order valence-electron chi connectivity index (χ4n) is 0.296. The Bertz CT molecular complexity index is 164. The summed E-state index contributed by atoms with van der Waals surface area (Å²) >= 11 is 0. The molecule has 56 valence electrons. The van der Waals surface area contributed by atoms with Crippen molar-refractivity contribution in [3.63, 3.8) is 0 Å². The molecule has 0 heterocycles. The first-order valence-corrected chi connectivity index (χ1v) is 2.87. The van der Waals surface area contributed by atoms with Gasteiger partial charge in [0, 0.05) is 21.2 Å². The Labute approximate surface area is 61.0 Å². The van der Waals surface area contributed by atoms with Crippen molar-refractivity contribution in [1.29, 1.82) is 0 Å². The zero-order valence-corrected chi connectivity index (χ0v) is 6.47. The Balaban J connectivity index is 3.69. The molecule has 1 amide bonds. The summed E-state index contributed by atoms with van der Waals surface area (Å²) in [5, 5.41) is 0. The fraction of sp³-hybridized carbons (Fsp3) is 0.571. The van der Waals surface area contributed by atoms with Crippen LogP contribution in [0.5, 0.6) is 0 Å². The normalized spacial score (nSPS) is 7.90. The number of methoxy groups -OCH3 is 1. The molecule has 0 fully saturated rings. The lowest BCUT2D eigenvalue weighted by Gasteiger charge is -2.01. The van der Waals surface area contributed by atoms with Gasteiger partial charge in [0.05, 0.1) is 0 Å². The summed E-state index contributed by atoms with van der Waals surface area (Å²) in [5.41, 5.74) is 0. The second kappa shape index (κ2) is 4.83. The van der Waals surface area contributed by atoms with Gasteiger partial charge in [-0.3, -0.25) is 4.79 Å². The number of amides is 1. The molecular formula is C7H11NO2. The molecule has 0 aromatic rings. The summed E-state index contributed by atoms with van der Waals surface area (Å²) in [7, 11) is 4.85. The molecule has 0 saturated heterocycles. The Kier molecular flexibility index (Phi) is 4.34. The van der Waals surface area contributed by atoms with Gasteiger partial charge in [-0.1, -0.05) is 5.92 Å². The third-order valence-electron chi connectivity index (χ3n) is 0.818. The zero-order valence-electron chi connectivity index (χ0n) is 6.47. The third kappa shape index (κ3) is 3.93. The predicted molar refractivity (Wildman–Crippen MR) is 38.3 cm³/mol. The monoisotopic (exact) mass is 141 g/mol. The molecule has 3 heteroatoms. The maximum atomic E-state index is 10.7. The standard InChI is InChI=1S/C7H11NO2/c1-8(2)7(9)5-4-6-10-3/h6H2,1-3H3. The van der Waals surface area contributed by atoms with E-state index in [0.717, 1.165) is 0 Å². The lowest BCUT2D eigenvalue weighted by molar-refractivity contribution is -0.122. The molecular weight excluding hydrogens is 130 g/mol. The summed E-state index contributed by atoms with van der Waals surface area (Å²) in [5.74, 6) is 4.75. The maximum Gasteiger partial charge on any atom is 0.298 e. The molecule has 0 aliphatic heterocycles. The topological polar surface area (TPSA) is 29.5 Å². The molecule has 0 N–H and O–H groups in total. The highest BCUT2D eigenvalue weighted by Crippen LogP contribution is 1.73. The van der Waals surface area contributed by atoms with Crippen LogP contribution in [-0.2, 0) is 9.53 Å². The summed E-state index contributed by atoms with van der Waals surface area (Å²) in [6, 6.07) is 0. The summed E-state index contributed by atoms with van der Waals surface area (Å²) in [6.07, 6.45) is 0. The maximum absolute atomic E-state index is 10.7. The largest absolute Gasteiger partial charge is 0.372 e. The number of hydrogen-bond acceptors (Lipinski definition) is 2. The van der Waals surface area contributed by atoms with Crippen molar-refractivity contribution in [3.05, 3.63) is 0 Å². The molecule has 0 rings (SSSR count). The van der Waals surface area contributed by atoms with E-state index in [4.69, 9.17) is 0 Å². The molecule has 0 aliphatic rings. The van der Waals surface area contributed by atoms with Gasteiger partial charge in [0.2, 0.25) is 0 Å². The molecule has 10 heavy (non-hydrogen) atoms. The zero-order chi connectivity index (χ0) is 7.98. The second-order valence-electron chi connectivity index (χ2n) is 1.93. The molecule has 0 aromatic heterocycles. The minimum atomic E-state index is -0.197. The van der Waals surface area contributed by atoms with Crippen LogP contribution in [0, 0.1) is 11.8 Å². The van der Waals surface area contributed by atoms with Crippen LogP contribution in [0.1, 0.15) is 0 Å². The number of rotatable bonds is 1. The van der Waals surface area contributed by atoms with Crippen LogP contribution in [0.25, 0.3) is 0 Å². The van der Waals surface area contributed by atoms with Crippen LogP contribution in [0.4, 0.5) is 0 Å². The lowest BCUT2D eigenvalue weighted by atomic mass is 10.5. The summed E-state index contributed by atoms with van der Waals surface area (Å²) in [4.78, 5) is 12.1. The summed E-state index contributed by atoms with van der Waals surface area (Å²) < 4.78 is 4.63. The SMILES string of the molecule is COCC#CC(=O)N(C)C. The van der Waals surface area contributed by atoms with Gasteiger partial charge < -0.3 is 9.64 Å². The quantitative estimate of drug-likeness (QED) is 0.470. The first-order valence-electron chi connectivity index (χ1n) is 2.87. The van der Waals surface area contributed by atoms with Gasteiger partial charge in [-0.15, -0.1) is 0 Å². The highest BCUT2D eigenvalue weighted by atomic mass is 16.5. The molecule has 0 unspecified atom stereocenters. The highest BCUT2D eigenvalue weighted by Gasteiger charge is 1.94. The molecule has 0 atom stereocenters. The van der Waals surface area contributed by atoms with Gasteiger partial charge >= 0.3 is 0 Å². The predicted octanol–water partition coefficient (Wildman–Crippen LogP) is -0.276. The van der Waals surface area contributed by atoms with Crippen LogP contribution < -0.4 is 0 Å². The number of nitrogens with zero attached hydrogens (tertiary/aromatic N) is 1. The van der Waals surface area contributed by atoms with E-state index in [0.29, 0.717) is 6.61 Å². The molecule has 0 radical (unpaired) electrons. The molecule has 0 saturated carbocycles. The van der Waals surface area contributed by atoms with Crippen molar-refractivity contribution in [2.45, 2.75) is 0 Å². The number of carbonyl (C=O) groups is 1. The van der Waals surface area contributed by atoms with Crippen LogP contribution in [-0.4, -0.2) is 38.6 Å².